The standard InChI is InChI=1S/C20H17N3O5/c24-17-11-28-20(22-16-10-15(16)12-5-2-1-3-6-12)18(17)19(25)21-13-7-4-8-14(9-13)23(26)27/h1-9,15-16,22H,10-11H2,(H,21,25). The predicted octanol–water partition coefficient (Wildman–Crippen LogP) is 2.49. The molecule has 1 saturated carbocycles. The van der Waals surface area contributed by atoms with Gasteiger partial charge in [0.15, 0.2) is 6.61 Å². The molecule has 0 spiro atoms. The average molecular weight is 379 g/mol. The van der Waals surface area contributed by atoms with Crippen LogP contribution in [0.5, 0.6) is 0 Å². The Morgan fingerprint density at radius 2 is 1.93 bits per heavy atom. The molecule has 1 aliphatic heterocycles. The van der Waals surface area contributed by atoms with Crippen LogP contribution in [0.25, 0.3) is 0 Å². The highest BCUT2D eigenvalue weighted by atomic mass is 16.6. The molecule has 2 aromatic carbocycles. The summed E-state index contributed by atoms with van der Waals surface area (Å²) >= 11 is 0. The second-order valence-electron chi connectivity index (χ2n) is 6.68. The van der Waals surface area contributed by atoms with Gasteiger partial charge in [0.25, 0.3) is 11.6 Å². The Morgan fingerprint density at radius 1 is 1.14 bits per heavy atom. The smallest absolute Gasteiger partial charge is 0.271 e. The summed E-state index contributed by atoms with van der Waals surface area (Å²) in [6.45, 7) is -0.206. The molecule has 142 valence electrons. The molecule has 1 fully saturated rings. The summed E-state index contributed by atoms with van der Waals surface area (Å²) in [6, 6.07) is 15.6. The fraction of sp³-hybridized carbons (Fsp3) is 0.200. The zero-order valence-corrected chi connectivity index (χ0v) is 14.8. The Labute approximate surface area is 160 Å². The van der Waals surface area contributed by atoms with E-state index in [0.717, 1.165) is 6.42 Å². The topological polar surface area (TPSA) is 111 Å². The average Bonchev–Trinajstić information content (AvgIpc) is 3.36. The van der Waals surface area contributed by atoms with Gasteiger partial charge >= 0.3 is 0 Å². The molecule has 0 saturated heterocycles. The Morgan fingerprint density at radius 3 is 2.68 bits per heavy atom. The monoisotopic (exact) mass is 379 g/mol. The summed E-state index contributed by atoms with van der Waals surface area (Å²) in [5.74, 6) is -0.616. The van der Waals surface area contributed by atoms with E-state index in [4.69, 9.17) is 4.74 Å². The number of hydrogen-bond donors (Lipinski definition) is 2. The van der Waals surface area contributed by atoms with Crippen molar-refractivity contribution >= 4 is 23.1 Å². The van der Waals surface area contributed by atoms with Crippen LogP contribution < -0.4 is 10.6 Å². The van der Waals surface area contributed by atoms with Crippen LogP contribution in [0.4, 0.5) is 11.4 Å². The molecular weight excluding hydrogens is 362 g/mol. The van der Waals surface area contributed by atoms with Crippen molar-refractivity contribution in [3.63, 3.8) is 0 Å². The molecule has 4 rings (SSSR count). The van der Waals surface area contributed by atoms with Gasteiger partial charge in [0.1, 0.15) is 5.57 Å². The number of nitro benzene ring substituents is 1. The highest BCUT2D eigenvalue weighted by Gasteiger charge is 2.41. The van der Waals surface area contributed by atoms with Crippen LogP contribution in [0.3, 0.4) is 0 Å². The molecule has 0 aromatic heterocycles. The van der Waals surface area contributed by atoms with Gasteiger partial charge in [-0.1, -0.05) is 36.4 Å². The van der Waals surface area contributed by atoms with E-state index < -0.39 is 16.6 Å². The largest absolute Gasteiger partial charge is 0.470 e. The van der Waals surface area contributed by atoms with Gasteiger partial charge in [-0.25, -0.2) is 0 Å². The SMILES string of the molecule is O=C1COC(NC2CC2c2ccccc2)=C1C(=O)Nc1cccc([N+](=O)[O-])c1. The summed E-state index contributed by atoms with van der Waals surface area (Å²) in [6.07, 6.45) is 0.880. The zero-order chi connectivity index (χ0) is 19.7. The molecule has 1 aliphatic carbocycles. The molecule has 2 N–H and O–H groups in total. The van der Waals surface area contributed by atoms with Gasteiger partial charge in [0.05, 0.1) is 4.92 Å². The highest BCUT2D eigenvalue weighted by Crippen LogP contribution is 2.41. The van der Waals surface area contributed by atoms with Crippen molar-refractivity contribution in [1.29, 1.82) is 0 Å². The Kier molecular flexibility index (Phi) is 4.52. The zero-order valence-electron chi connectivity index (χ0n) is 14.8. The van der Waals surface area contributed by atoms with Crippen LogP contribution in [0.1, 0.15) is 17.9 Å². The molecule has 2 aliphatic rings. The number of carbonyl (C=O) groups is 2. The molecule has 2 unspecified atom stereocenters. The molecule has 28 heavy (non-hydrogen) atoms. The summed E-state index contributed by atoms with van der Waals surface area (Å²) in [7, 11) is 0. The van der Waals surface area contributed by atoms with E-state index in [9.17, 15) is 19.7 Å². The van der Waals surface area contributed by atoms with Crippen LogP contribution in [-0.4, -0.2) is 29.3 Å². The first-order chi connectivity index (χ1) is 13.5. The van der Waals surface area contributed by atoms with Crippen molar-refractivity contribution in [2.75, 3.05) is 11.9 Å². The van der Waals surface area contributed by atoms with Crippen molar-refractivity contribution in [1.82, 2.24) is 5.32 Å². The Bertz CT molecular complexity index is 986. The van der Waals surface area contributed by atoms with Gasteiger partial charge in [0.2, 0.25) is 11.7 Å². The lowest BCUT2D eigenvalue weighted by Gasteiger charge is -2.09. The van der Waals surface area contributed by atoms with Crippen LogP contribution in [-0.2, 0) is 14.3 Å². The number of amides is 1. The van der Waals surface area contributed by atoms with Gasteiger partial charge in [0, 0.05) is 29.8 Å². The van der Waals surface area contributed by atoms with E-state index >= 15 is 0 Å². The third kappa shape index (κ3) is 3.57. The van der Waals surface area contributed by atoms with Gasteiger partial charge in [-0.2, -0.15) is 0 Å². The van der Waals surface area contributed by atoms with Crippen molar-refractivity contribution in [2.24, 2.45) is 0 Å². The first kappa shape index (κ1) is 17.7. The van der Waals surface area contributed by atoms with Crippen LogP contribution >= 0.6 is 0 Å². The number of Topliss-reactive ketones (excluding diaryl/α,β-unsaturated/α-hetero) is 1. The first-order valence-electron chi connectivity index (χ1n) is 8.80. The van der Waals surface area contributed by atoms with Gasteiger partial charge < -0.3 is 15.4 Å². The van der Waals surface area contributed by atoms with Crippen LogP contribution in [0.15, 0.2) is 66.1 Å². The van der Waals surface area contributed by atoms with Crippen LogP contribution in [0.2, 0.25) is 0 Å². The van der Waals surface area contributed by atoms with Crippen molar-refractivity contribution in [2.45, 2.75) is 18.4 Å². The van der Waals surface area contributed by atoms with Gasteiger partial charge in [-0.3, -0.25) is 19.7 Å². The minimum absolute atomic E-state index is 0.0870. The Balaban J connectivity index is 1.48. The fourth-order valence-corrected chi connectivity index (χ4v) is 3.23. The number of hydrogen-bond acceptors (Lipinski definition) is 6. The van der Waals surface area contributed by atoms with E-state index in [1.165, 1.54) is 29.8 Å². The number of carbonyl (C=O) groups excluding carboxylic acids is 2. The van der Waals surface area contributed by atoms with E-state index in [2.05, 4.69) is 10.6 Å². The first-order valence-corrected chi connectivity index (χ1v) is 8.80. The van der Waals surface area contributed by atoms with Gasteiger partial charge in [-0.05, 0) is 18.1 Å². The maximum atomic E-state index is 12.6. The molecule has 1 amide bonds. The van der Waals surface area contributed by atoms with E-state index in [-0.39, 0.29) is 35.5 Å². The Hall–Kier alpha value is -3.68. The molecule has 0 radical (unpaired) electrons. The van der Waals surface area contributed by atoms with Gasteiger partial charge in [-0.15, -0.1) is 0 Å². The maximum absolute atomic E-state index is 12.6. The molecular formula is C20H17N3O5. The number of rotatable bonds is 6. The highest BCUT2D eigenvalue weighted by molar-refractivity contribution is 6.25. The number of nitrogens with one attached hydrogen (secondary N) is 2. The van der Waals surface area contributed by atoms with Crippen LogP contribution in [0, 0.1) is 10.1 Å². The second kappa shape index (κ2) is 7.15. The summed E-state index contributed by atoms with van der Waals surface area (Å²) in [5, 5.41) is 16.6. The quantitative estimate of drug-likeness (QED) is 0.453. The van der Waals surface area contributed by atoms with Crippen molar-refractivity contribution < 1.29 is 19.2 Å². The molecule has 2 aromatic rings. The maximum Gasteiger partial charge on any atom is 0.271 e. The number of nitrogens with zero attached hydrogens (tertiary/aromatic N) is 1. The number of anilines is 1. The summed E-state index contributed by atoms with van der Waals surface area (Å²) in [5.41, 5.74) is 1.18. The molecule has 2 atom stereocenters. The minimum Gasteiger partial charge on any atom is -0.470 e. The molecule has 1 heterocycles. The number of non-ortho nitro benzene ring substituents is 1. The molecule has 8 heteroatoms. The van der Waals surface area contributed by atoms with E-state index in [0.29, 0.717) is 5.92 Å². The summed E-state index contributed by atoms with van der Waals surface area (Å²) < 4.78 is 5.38. The predicted molar refractivity (Wildman–Crippen MR) is 100 cm³/mol. The lowest BCUT2D eigenvalue weighted by Crippen LogP contribution is -2.24. The van der Waals surface area contributed by atoms with Crippen molar-refractivity contribution in [3.05, 3.63) is 81.7 Å². The molecule has 8 nitrogen and oxygen atoms in total. The lowest BCUT2D eigenvalue weighted by atomic mass is 10.1. The van der Waals surface area contributed by atoms with E-state index in [1.54, 1.807) is 0 Å². The molecule has 0 bridgehead atoms. The lowest BCUT2D eigenvalue weighted by molar-refractivity contribution is -0.384. The minimum atomic E-state index is -0.651. The van der Waals surface area contributed by atoms with E-state index in [1.807, 2.05) is 30.3 Å². The number of nitro groups is 1. The third-order valence-corrected chi connectivity index (χ3v) is 4.73. The second-order valence-corrected chi connectivity index (χ2v) is 6.68. The number of benzene rings is 2. The summed E-state index contributed by atoms with van der Waals surface area (Å²) in [4.78, 5) is 35.1. The normalized spacial score (nSPS) is 20.5. The fourth-order valence-electron chi connectivity index (χ4n) is 3.23. The third-order valence-electron chi connectivity index (χ3n) is 4.73. The van der Waals surface area contributed by atoms with Crippen molar-refractivity contribution in [3.8, 4) is 0 Å². The number of ether oxygens (including phenoxy) is 1. The number of ketones is 1.